The lowest BCUT2D eigenvalue weighted by molar-refractivity contribution is -0.131. The van der Waals surface area contributed by atoms with E-state index in [1.165, 1.54) is 0 Å². The molecule has 2 aliphatic rings. The van der Waals surface area contributed by atoms with Crippen LogP contribution in [0.4, 0.5) is 0 Å². The first-order chi connectivity index (χ1) is 7.72. The van der Waals surface area contributed by atoms with Crippen LogP contribution >= 0.6 is 0 Å². The van der Waals surface area contributed by atoms with Crippen LogP contribution in [0.1, 0.15) is 0 Å². The number of carbonyl (C=O) groups is 1. The number of hydrogen-bond donors (Lipinski definition) is 1. The predicted molar refractivity (Wildman–Crippen MR) is 59.4 cm³/mol. The molecule has 2 unspecified atom stereocenters. The molecular weight excluding hydrogens is 212 g/mol. The van der Waals surface area contributed by atoms with Crippen molar-refractivity contribution in [3.8, 4) is 0 Å². The maximum absolute atomic E-state index is 9.25. The van der Waals surface area contributed by atoms with E-state index in [0.29, 0.717) is 12.2 Å². The van der Waals surface area contributed by atoms with Crippen LogP contribution in [0.2, 0.25) is 0 Å². The fraction of sp³-hybridized carbons (Fsp3) is 0.545. The molecule has 2 fully saturated rings. The van der Waals surface area contributed by atoms with E-state index in [1.54, 1.807) is 0 Å². The van der Waals surface area contributed by atoms with Gasteiger partial charge in [0.25, 0.3) is 0 Å². The Morgan fingerprint density at radius 1 is 1.31 bits per heavy atom. The van der Waals surface area contributed by atoms with E-state index in [9.17, 15) is 4.79 Å². The molecule has 16 heavy (non-hydrogen) atoms. The Bertz CT molecular complexity index is 196. The fourth-order valence-corrected chi connectivity index (χ4v) is 0.659. The van der Waals surface area contributed by atoms with Crippen molar-refractivity contribution < 1.29 is 24.1 Å². The second kappa shape index (κ2) is 9.08. The molecular formula is C11H18O5. The van der Waals surface area contributed by atoms with Crippen LogP contribution in [0, 0.1) is 0 Å². The van der Waals surface area contributed by atoms with Gasteiger partial charge in [-0.3, -0.25) is 0 Å². The first-order valence-electron chi connectivity index (χ1n) is 4.88. The molecule has 0 aromatic carbocycles. The topological polar surface area (TPSA) is 71.6 Å². The molecule has 2 saturated heterocycles. The molecule has 2 atom stereocenters. The third kappa shape index (κ3) is 10.9. The number of rotatable bonds is 5. The molecule has 2 aliphatic heterocycles. The van der Waals surface area contributed by atoms with Crippen molar-refractivity contribution in [2.24, 2.45) is 0 Å². The summed E-state index contributed by atoms with van der Waals surface area (Å²) in [7, 11) is 0. The number of epoxide rings is 2. The summed E-state index contributed by atoms with van der Waals surface area (Å²) in [6.45, 7) is 12.2. The number of hydrogen-bond acceptors (Lipinski definition) is 4. The predicted octanol–water partition coefficient (Wildman–Crippen LogP) is 0.860. The van der Waals surface area contributed by atoms with Gasteiger partial charge in [0.1, 0.15) is 12.2 Å². The molecule has 1 N–H and O–H groups in total. The Labute approximate surface area is 95.3 Å². The first kappa shape index (κ1) is 14.8. The van der Waals surface area contributed by atoms with Gasteiger partial charge in [-0.15, -0.1) is 13.2 Å². The van der Waals surface area contributed by atoms with E-state index in [0.717, 1.165) is 32.5 Å². The zero-order valence-corrected chi connectivity index (χ0v) is 9.26. The van der Waals surface area contributed by atoms with Gasteiger partial charge in [-0.05, 0) is 0 Å². The molecule has 5 nitrogen and oxygen atoms in total. The van der Waals surface area contributed by atoms with Crippen LogP contribution in [0.5, 0.6) is 0 Å². The summed E-state index contributed by atoms with van der Waals surface area (Å²) in [6.07, 6.45) is 1.62. The molecule has 5 heteroatoms. The summed E-state index contributed by atoms with van der Waals surface area (Å²) in [5.74, 6) is -0.981. The third-order valence-corrected chi connectivity index (χ3v) is 1.59. The van der Waals surface area contributed by atoms with Gasteiger partial charge in [0.2, 0.25) is 0 Å². The van der Waals surface area contributed by atoms with Gasteiger partial charge in [0.15, 0.2) is 0 Å². The molecule has 0 bridgehead atoms. The SMILES string of the molecule is C(OCC1CO1)C1CO1.C=C.C=CC(=O)O. The molecule has 0 spiro atoms. The molecule has 0 amide bonds. The van der Waals surface area contributed by atoms with Crippen molar-refractivity contribution >= 4 is 5.97 Å². The second-order valence-electron chi connectivity index (χ2n) is 2.99. The third-order valence-electron chi connectivity index (χ3n) is 1.59. The van der Waals surface area contributed by atoms with E-state index in [1.807, 2.05) is 0 Å². The normalized spacial score (nSPS) is 24.0. The summed E-state index contributed by atoms with van der Waals surface area (Å²) >= 11 is 0. The monoisotopic (exact) mass is 230 g/mol. The molecule has 0 aliphatic carbocycles. The molecule has 92 valence electrons. The van der Waals surface area contributed by atoms with Crippen LogP contribution in [0.3, 0.4) is 0 Å². The maximum atomic E-state index is 9.25. The fourth-order valence-electron chi connectivity index (χ4n) is 0.659. The summed E-state index contributed by atoms with van der Waals surface area (Å²) in [5, 5.41) is 7.60. The van der Waals surface area contributed by atoms with Gasteiger partial charge < -0.3 is 19.3 Å². The molecule has 0 saturated carbocycles. The van der Waals surface area contributed by atoms with E-state index >= 15 is 0 Å². The van der Waals surface area contributed by atoms with Gasteiger partial charge >= 0.3 is 5.97 Å². The Balaban J connectivity index is 0.000000280. The summed E-state index contributed by atoms with van der Waals surface area (Å²) < 4.78 is 15.1. The van der Waals surface area contributed by atoms with Gasteiger partial charge in [-0.1, -0.05) is 6.58 Å². The van der Waals surface area contributed by atoms with Gasteiger partial charge in [-0.25, -0.2) is 4.79 Å². The molecule has 0 aromatic heterocycles. The quantitative estimate of drug-likeness (QED) is 0.431. The lowest BCUT2D eigenvalue weighted by Crippen LogP contribution is -2.06. The highest BCUT2D eigenvalue weighted by Gasteiger charge is 2.26. The van der Waals surface area contributed by atoms with E-state index in [2.05, 4.69) is 19.7 Å². The molecule has 2 rings (SSSR count). The van der Waals surface area contributed by atoms with E-state index in [-0.39, 0.29) is 0 Å². The van der Waals surface area contributed by atoms with Crippen molar-refractivity contribution in [1.29, 1.82) is 0 Å². The molecule has 0 radical (unpaired) electrons. The van der Waals surface area contributed by atoms with Crippen molar-refractivity contribution in [3.05, 3.63) is 25.8 Å². The van der Waals surface area contributed by atoms with Crippen LogP contribution < -0.4 is 0 Å². The lowest BCUT2D eigenvalue weighted by Gasteiger charge is -1.95. The number of aliphatic carboxylic acids is 1. The van der Waals surface area contributed by atoms with Gasteiger partial charge in [0.05, 0.1) is 26.4 Å². The average molecular weight is 230 g/mol. The average Bonchev–Trinajstić information content (AvgIpc) is 3.16. The van der Waals surface area contributed by atoms with Crippen molar-refractivity contribution in [2.75, 3.05) is 26.4 Å². The van der Waals surface area contributed by atoms with Crippen molar-refractivity contribution in [1.82, 2.24) is 0 Å². The number of ether oxygens (including phenoxy) is 3. The molecule has 0 aromatic rings. The number of carboxylic acid groups (broad SMARTS) is 1. The second-order valence-corrected chi connectivity index (χ2v) is 2.99. The Morgan fingerprint density at radius 2 is 1.62 bits per heavy atom. The minimum Gasteiger partial charge on any atom is -0.478 e. The number of carboxylic acids is 1. The minimum absolute atomic E-state index is 0.392. The lowest BCUT2D eigenvalue weighted by atomic mass is 10.5. The zero-order chi connectivity index (χ0) is 12.4. The van der Waals surface area contributed by atoms with E-state index < -0.39 is 5.97 Å². The van der Waals surface area contributed by atoms with Crippen LogP contribution in [0.25, 0.3) is 0 Å². The largest absolute Gasteiger partial charge is 0.478 e. The standard InChI is InChI=1S/C6H10O3.C3H4O2.C2H4/c1(5-3-8-5)7-2-6-4-9-6;1-2-3(4)5;1-2/h5-6H,1-4H2;2H,1H2,(H,4,5);1-2H2. The van der Waals surface area contributed by atoms with Crippen LogP contribution in [0.15, 0.2) is 25.8 Å². The van der Waals surface area contributed by atoms with E-state index in [4.69, 9.17) is 19.3 Å². The van der Waals surface area contributed by atoms with Crippen molar-refractivity contribution in [2.45, 2.75) is 12.2 Å². The highest BCUT2D eigenvalue weighted by molar-refractivity contribution is 5.78. The summed E-state index contributed by atoms with van der Waals surface area (Å²) in [5.41, 5.74) is 0. The minimum atomic E-state index is -0.981. The highest BCUT2D eigenvalue weighted by atomic mass is 16.6. The summed E-state index contributed by atoms with van der Waals surface area (Å²) in [6, 6.07) is 0. The molecule has 2 heterocycles. The Kier molecular flexibility index (Phi) is 8.42. The van der Waals surface area contributed by atoms with Gasteiger partial charge in [0, 0.05) is 6.08 Å². The van der Waals surface area contributed by atoms with Crippen LogP contribution in [-0.4, -0.2) is 49.7 Å². The van der Waals surface area contributed by atoms with Crippen LogP contribution in [-0.2, 0) is 19.0 Å². The summed E-state index contributed by atoms with van der Waals surface area (Å²) in [4.78, 5) is 9.25. The first-order valence-corrected chi connectivity index (χ1v) is 4.88. The van der Waals surface area contributed by atoms with Crippen molar-refractivity contribution in [3.63, 3.8) is 0 Å². The zero-order valence-electron chi connectivity index (χ0n) is 9.26. The Hall–Kier alpha value is -1.17. The van der Waals surface area contributed by atoms with Gasteiger partial charge in [-0.2, -0.15) is 0 Å². The maximum Gasteiger partial charge on any atom is 0.327 e. The Morgan fingerprint density at radius 3 is 1.81 bits per heavy atom. The smallest absolute Gasteiger partial charge is 0.327 e. The highest BCUT2D eigenvalue weighted by Crippen LogP contribution is 2.12.